The van der Waals surface area contributed by atoms with Crippen LogP contribution >= 0.6 is 0 Å². The number of nitrogens with zero attached hydrogens (tertiary/aromatic N) is 3. The summed E-state index contributed by atoms with van der Waals surface area (Å²) in [6.07, 6.45) is 5.05. The van der Waals surface area contributed by atoms with Gasteiger partial charge in [-0.15, -0.1) is 10.2 Å². The number of hydrogen-bond donors (Lipinski definition) is 1. The van der Waals surface area contributed by atoms with Gasteiger partial charge in [0.1, 0.15) is 12.2 Å². The SMILES string of the molecule is Cn1cnnc1CCNC1CCCOC1. The maximum Gasteiger partial charge on any atom is 0.133 e. The van der Waals surface area contributed by atoms with Gasteiger partial charge >= 0.3 is 0 Å². The highest BCUT2D eigenvalue weighted by Gasteiger charge is 2.12. The van der Waals surface area contributed by atoms with Crippen molar-refractivity contribution in [1.29, 1.82) is 0 Å². The van der Waals surface area contributed by atoms with Crippen LogP contribution < -0.4 is 5.32 Å². The molecule has 1 unspecified atom stereocenters. The van der Waals surface area contributed by atoms with Crippen molar-refractivity contribution in [3.8, 4) is 0 Å². The molecular formula is C10H18N4O. The molecule has 2 heterocycles. The van der Waals surface area contributed by atoms with Crippen LogP contribution in [-0.4, -0.2) is 40.6 Å². The fourth-order valence-corrected chi connectivity index (χ4v) is 1.82. The van der Waals surface area contributed by atoms with Crippen LogP contribution in [0.1, 0.15) is 18.7 Å². The van der Waals surface area contributed by atoms with E-state index in [4.69, 9.17) is 4.74 Å². The molecule has 1 aliphatic heterocycles. The summed E-state index contributed by atoms with van der Waals surface area (Å²) in [5.41, 5.74) is 0. The molecule has 1 saturated heterocycles. The lowest BCUT2D eigenvalue weighted by molar-refractivity contribution is 0.0706. The zero-order valence-electron chi connectivity index (χ0n) is 9.15. The first-order valence-corrected chi connectivity index (χ1v) is 5.50. The van der Waals surface area contributed by atoms with Gasteiger partial charge < -0.3 is 14.6 Å². The van der Waals surface area contributed by atoms with E-state index in [-0.39, 0.29) is 0 Å². The third kappa shape index (κ3) is 3.00. The summed E-state index contributed by atoms with van der Waals surface area (Å²) in [4.78, 5) is 0. The summed E-state index contributed by atoms with van der Waals surface area (Å²) in [6.45, 7) is 2.71. The maximum atomic E-state index is 5.40. The van der Waals surface area contributed by atoms with Crippen LogP contribution in [0.2, 0.25) is 0 Å². The highest BCUT2D eigenvalue weighted by molar-refractivity contribution is 4.85. The molecule has 0 aromatic carbocycles. The van der Waals surface area contributed by atoms with E-state index in [9.17, 15) is 0 Å². The summed E-state index contributed by atoms with van der Waals surface area (Å²) in [7, 11) is 1.97. The van der Waals surface area contributed by atoms with Crippen molar-refractivity contribution < 1.29 is 4.74 Å². The standard InChI is InChI=1S/C10H18N4O/c1-14-8-12-13-10(14)4-5-11-9-3-2-6-15-7-9/h8-9,11H,2-7H2,1H3. The lowest BCUT2D eigenvalue weighted by atomic mass is 10.1. The van der Waals surface area contributed by atoms with Gasteiger partial charge in [0, 0.05) is 32.7 Å². The van der Waals surface area contributed by atoms with Gasteiger partial charge in [-0.3, -0.25) is 0 Å². The molecule has 0 saturated carbocycles. The van der Waals surface area contributed by atoms with Crippen LogP contribution in [0.15, 0.2) is 6.33 Å². The first-order chi connectivity index (χ1) is 7.36. The molecule has 0 spiro atoms. The first-order valence-electron chi connectivity index (χ1n) is 5.50. The Labute approximate surface area is 89.8 Å². The first kappa shape index (κ1) is 10.6. The number of ether oxygens (including phenoxy) is 1. The van der Waals surface area contributed by atoms with Gasteiger partial charge in [-0.05, 0) is 12.8 Å². The summed E-state index contributed by atoms with van der Waals surface area (Å²) >= 11 is 0. The number of nitrogens with one attached hydrogen (secondary N) is 1. The minimum Gasteiger partial charge on any atom is -0.380 e. The second-order valence-electron chi connectivity index (χ2n) is 3.98. The van der Waals surface area contributed by atoms with E-state index < -0.39 is 0 Å². The average molecular weight is 210 g/mol. The number of aryl methyl sites for hydroxylation is 1. The molecule has 0 radical (unpaired) electrons. The van der Waals surface area contributed by atoms with Crippen molar-refractivity contribution in [2.45, 2.75) is 25.3 Å². The lowest BCUT2D eigenvalue weighted by Crippen LogP contribution is -2.38. The Hall–Kier alpha value is -0.940. The topological polar surface area (TPSA) is 52.0 Å². The summed E-state index contributed by atoms with van der Waals surface area (Å²) in [5, 5.41) is 11.4. The van der Waals surface area contributed by atoms with Crippen molar-refractivity contribution in [3.63, 3.8) is 0 Å². The van der Waals surface area contributed by atoms with Gasteiger partial charge in [-0.2, -0.15) is 0 Å². The van der Waals surface area contributed by atoms with E-state index in [1.54, 1.807) is 6.33 Å². The molecule has 1 aliphatic rings. The van der Waals surface area contributed by atoms with Crippen LogP contribution in [0.25, 0.3) is 0 Å². The third-order valence-electron chi connectivity index (χ3n) is 2.75. The van der Waals surface area contributed by atoms with Crippen molar-refractivity contribution in [2.75, 3.05) is 19.8 Å². The molecule has 1 aromatic rings. The average Bonchev–Trinajstić information content (AvgIpc) is 2.66. The van der Waals surface area contributed by atoms with Gasteiger partial charge in [-0.25, -0.2) is 0 Å². The van der Waals surface area contributed by atoms with Crippen molar-refractivity contribution in [2.24, 2.45) is 7.05 Å². The Bertz CT molecular complexity index is 293. The minimum absolute atomic E-state index is 0.520. The van der Waals surface area contributed by atoms with E-state index in [1.165, 1.54) is 12.8 Å². The molecule has 1 aromatic heterocycles. The molecule has 1 N–H and O–H groups in total. The number of hydrogen-bond acceptors (Lipinski definition) is 4. The van der Waals surface area contributed by atoms with Gasteiger partial charge in [0.15, 0.2) is 0 Å². The van der Waals surface area contributed by atoms with Gasteiger partial charge in [0.25, 0.3) is 0 Å². The van der Waals surface area contributed by atoms with Crippen LogP contribution in [0.4, 0.5) is 0 Å². The highest BCUT2D eigenvalue weighted by atomic mass is 16.5. The third-order valence-corrected chi connectivity index (χ3v) is 2.75. The van der Waals surface area contributed by atoms with Gasteiger partial charge in [-0.1, -0.05) is 0 Å². The number of rotatable bonds is 4. The Kier molecular flexibility index (Phi) is 3.69. The maximum absolute atomic E-state index is 5.40. The zero-order valence-corrected chi connectivity index (χ0v) is 9.15. The van der Waals surface area contributed by atoms with Crippen LogP contribution in [0.3, 0.4) is 0 Å². The molecular weight excluding hydrogens is 192 g/mol. The summed E-state index contributed by atoms with van der Waals surface area (Å²) in [5.74, 6) is 1.03. The van der Waals surface area contributed by atoms with E-state index in [0.717, 1.165) is 32.0 Å². The predicted octanol–water partition coefficient (Wildman–Crippen LogP) is 0.126. The van der Waals surface area contributed by atoms with E-state index >= 15 is 0 Å². The molecule has 0 bridgehead atoms. The molecule has 0 amide bonds. The monoisotopic (exact) mass is 210 g/mol. The van der Waals surface area contributed by atoms with Crippen molar-refractivity contribution in [3.05, 3.63) is 12.2 Å². The van der Waals surface area contributed by atoms with Gasteiger partial charge in [0.05, 0.1) is 6.61 Å². The molecule has 1 atom stereocenters. The molecule has 1 fully saturated rings. The van der Waals surface area contributed by atoms with Crippen LogP contribution in [0, 0.1) is 0 Å². The molecule has 2 rings (SSSR count). The predicted molar refractivity (Wildman–Crippen MR) is 56.6 cm³/mol. The Morgan fingerprint density at radius 3 is 3.27 bits per heavy atom. The second-order valence-corrected chi connectivity index (χ2v) is 3.98. The Morgan fingerprint density at radius 2 is 2.60 bits per heavy atom. The fraction of sp³-hybridized carbons (Fsp3) is 0.800. The summed E-state index contributed by atoms with van der Waals surface area (Å²) in [6, 6.07) is 0.520. The van der Waals surface area contributed by atoms with Crippen molar-refractivity contribution >= 4 is 0 Å². The molecule has 0 aliphatic carbocycles. The van der Waals surface area contributed by atoms with E-state index in [2.05, 4.69) is 15.5 Å². The van der Waals surface area contributed by atoms with E-state index in [1.807, 2.05) is 11.6 Å². The largest absolute Gasteiger partial charge is 0.380 e. The molecule has 5 nitrogen and oxygen atoms in total. The molecule has 5 heteroatoms. The second kappa shape index (κ2) is 5.23. The van der Waals surface area contributed by atoms with Crippen LogP contribution in [-0.2, 0) is 18.2 Å². The molecule has 84 valence electrons. The smallest absolute Gasteiger partial charge is 0.133 e. The molecule has 15 heavy (non-hydrogen) atoms. The normalized spacial score (nSPS) is 21.8. The lowest BCUT2D eigenvalue weighted by Gasteiger charge is -2.23. The Morgan fingerprint density at radius 1 is 1.67 bits per heavy atom. The quantitative estimate of drug-likeness (QED) is 0.767. The van der Waals surface area contributed by atoms with Crippen molar-refractivity contribution in [1.82, 2.24) is 20.1 Å². The summed E-state index contributed by atoms with van der Waals surface area (Å²) < 4.78 is 7.36. The highest BCUT2D eigenvalue weighted by Crippen LogP contribution is 2.05. The van der Waals surface area contributed by atoms with Crippen LogP contribution in [0.5, 0.6) is 0 Å². The number of aromatic nitrogens is 3. The Balaban J connectivity index is 1.68. The zero-order chi connectivity index (χ0) is 10.5. The van der Waals surface area contributed by atoms with E-state index in [0.29, 0.717) is 6.04 Å². The fourth-order valence-electron chi connectivity index (χ4n) is 1.82. The minimum atomic E-state index is 0.520. The van der Waals surface area contributed by atoms with Gasteiger partial charge in [0.2, 0.25) is 0 Å².